The van der Waals surface area contributed by atoms with Crippen molar-refractivity contribution >= 4 is 17.8 Å². The van der Waals surface area contributed by atoms with Gasteiger partial charge in [0.15, 0.2) is 0 Å². The number of benzene rings is 2. The number of carbonyl (C=O) groups is 3. The van der Waals surface area contributed by atoms with Crippen LogP contribution in [0.2, 0.25) is 0 Å². The molecule has 0 fully saturated rings. The smallest absolute Gasteiger partial charge is 0.324 e. The molecule has 0 unspecified atom stereocenters. The van der Waals surface area contributed by atoms with E-state index in [2.05, 4.69) is 0 Å². The van der Waals surface area contributed by atoms with Gasteiger partial charge in [0.05, 0.1) is 16.7 Å². The van der Waals surface area contributed by atoms with Crippen LogP contribution in [0.15, 0.2) is 24.3 Å². The molecule has 5 heteroatoms. The fourth-order valence-electron chi connectivity index (χ4n) is 3.18. The molecule has 3 rings (SSSR count). The van der Waals surface area contributed by atoms with Gasteiger partial charge in [-0.25, -0.2) is 4.79 Å². The summed E-state index contributed by atoms with van der Waals surface area (Å²) in [4.78, 5) is 42.7. The number of imide groups is 1. The predicted molar refractivity (Wildman–Crippen MR) is 92.5 cm³/mol. The van der Waals surface area contributed by atoms with E-state index in [1.54, 1.807) is 24.3 Å². The van der Waals surface area contributed by atoms with E-state index in [1.165, 1.54) is 0 Å². The molecule has 5 nitrogen and oxygen atoms in total. The third kappa shape index (κ3) is 2.43. The Kier molecular flexibility index (Phi) is 3.95. The molecule has 1 aliphatic rings. The average Bonchev–Trinajstić information content (AvgIpc) is 2.84. The van der Waals surface area contributed by atoms with Crippen molar-refractivity contribution in [3.8, 4) is 0 Å². The van der Waals surface area contributed by atoms with Crippen molar-refractivity contribution in [2.45, 2.75) is 34.6 Å². The van der Waals surface area contributed by atoms with Crippen molar-refractivity contribution < 1.29 is 19.2 Å². The Bertz CT molecular complexity index is 879. The second-order valence-electron chi connectivity index (χ2n) is 6.33. The minimum absolute atomic E-state index is 0.241. The van der Waals surface area contributed by atoms with Crippen LogP contribution < -0.4 is 0 Å². The maximum atomic E-state index is 12.7. The number of nitrogens with zero attached hydrogens (tertiary/aromatic N) is 1. The first-order valence-corrected chi connectivity index (χ1v) is 8.02. The molecule has 25 heavy (non-hydrogen) atoms. The zero-order chi connectivity index (χ0) is 18.5. The second-order valence-corrected chi connectivity index (χ2v) is 6.33. The van der Waals surface area contributed by atoms with Gasteiger partial charge in [-0.15, -0.1) is 0 Å². The molecule has 2 aromatic rings. The summed E-state index contributed by atoms with van der Waals surface area (Å²) in [5.41, 5.74) is 5.58. The molecule has 0 saturated carbocycles. The number of hydrogen-bond acceptors (Lipinski definition) is 4. The first kappa shape index (κ1) is 16.9. The predicted octanol–water partition coefficient (Wildman–Crippen LogP) is 3.60. The molecule has 128 valence electrons. The summed E-state index contributed by atoms with van der Waals surface area (Å²) in [6, 6.07) is 6.41. The minimum Gasteiger partial charge on any atom is -0.324 e. The molecule has 0 atom stereocenters. The number of hydrogen-bond donors (Lipinski definition) is 0. The molecule has 0 aliphatic carbocycles. The van der Waals surface area contributed by atoms with Crippen molar-refractivity contribution in [1.82, 2.24) is 5.06 Å². The number of carbonyl (C=O) groups excluding carboxylic acids is 3. The Morgan fingerprint density at radius 1 is 0.760 bits per heavy atom. The fourth-order valence-corrected chi connectivity index (χ4v) is 3.18. The highest BCUT2D eigenvalue weighted by Crippen LogP contribution is 2.28. The molecule has 1 aliphatic heterocycles. The Balaban J connectivity index is 1.98. The van der Waals surface area contributed by atoms with Crippen molar-refractivity contribution in [2.75, 3.05) is 0 Å². The molecule has 0 N–H and O–H groups in total. The number of amides is 2. The molecule has 2 amide bonds. The van der Waals surface area contributed by atoms with Gasteiger partial charge >= 0.3 is 5.97 Å². The van der Waals surface area contributed by atoms with E-state index in [1.807, 2.05) is 34.6 Å². The summed E-state index contributed by atoms with van der Waals surface area (Å²) in [6.45, 7) is 9.57. The maximum absolute atomic E-state index is 12.7. The van der Waals surface area contributed by atoms with E-state index in [-0.39, 0.29) is 11.1 Å². The van der Waals surface area contributed by atoms with Crippen LogP contribution in [-0.4, -0.2) is 22.8 Å². The van der Waals surface area contributed by atoms with Crippen LogP contribution in [0.1, 0.15) is 58.9 Å². The van der Waals surface area contributed by atoms with Gasteiger partial charge in [0.1, 0.15) is 0 Å². The Hall–Kier alpha value is -2.95. The highest BCUT2D eigenvalue weighted by Gasteiger charge is 2.39. The molecule has 1 heterocycles. The molecule has 0 spiro atoms. The van der Waals surface area contributed by atoms with Crippen molar-refractivity contribution in [2.24, 2.45) is 0 Å². The van der Waals surface area contributed by atoms with E-state index in [9.17, 15) is 14.4 Å². The van der Waals surface area contributed by atoms with Crippen LogP contribution in [0.3, 0.4) is 0 Å². The molecular formula is C20H19NO4. The Morgan fingerprint density at radius 2 is 1.16 bits per heavy atom. The van der Waals surface area contributed by atoms with Crippen molar-refractivity contribution in [3.63, 3.8) is 0 Å². The normalized spacial score (nSPS) is 13.2. The van der Waals surface area contributed by atoms with Crippen molar-refractivity contribution in [1.29, 1.82) is 0 Å². The summed E-state index contributed by atoms with van der Waals surface area (Å²) in [5, 5.41) is 0.552. The van der Waals surface area contributed by atoms with E-state index in [0.29, 0.717) is 10.6 Å². The molecule has 2 aromatic carbocycles. The molecule has 0 radical (unpaired) electrons. The van der Waals surface area contributed by atoms with Crippen molar-refractivity contribution in [3.05, 3.63) is 68.8 Å². The third-order valence-corrected chi connectivity index (χ3v) is 5.14. The summed E-state index contributed by atoms with van der Waals surface area (Å²) in [7, 11) is 0. The summed E-state index contributed by atoms with van der Waals surface area (Å²) >= 11 is 0. The van der Waals surface area contributed by atoms with Gasteiger partial charge in [-0.1, -0.05) is 17.2 Å². The topological polar surface area (TPSA) is 63.7 Å². The highest BCUT2D eigenvalue weighted by atomic mass is 16.7. The molecule has 0 saturated heterocycles. The van der Waals surface area contributed by atoms with Crippen LogP contribution in [0.25, 0.3) is 0 Å². The standard InChI is InChI=1S/C20H19NO4/c1-10-11(2)13(4)17(14(5)12(10)3)20(24)25-21-18(22)15-8-6-7-9-16(15)19(21)23/h6-9H,1-5H3. The quantitative estimate of drug-likeness (QED) is 0.786. The van der Waals surface area contributed by atoms with Crippen LogP contribution in [0.4, 0.5) is 0 Å². The summed E-state index contributed by atoms with van der Waals surface area (Å²) < 4.78 is 0. The van der Waals surface area contributed by atoms with E-state index in [0.717, 1.165) is 27.8 Å². The second kappa shape index (κ2) is 5.84. The van der Waals surface area contributed by atoms with Gasteiger partial charge in [0.25, 0.3) is 11.8 Å². The average molecular weight is 337 g/mol. The lowest BCUT2D eigenvalue weighted by atomic mass is 9.90. The number of rotatable bonds is 2. The van der Waals surface area contributed by atoms with Crippen LogP contribution in [-0.2, 0) is 4.84 Å². The monoisotopic (exact) mass is 337 g/mol. The lowest BCUT2D eigenvalue weighted by Gasteiger charge is -2.19. The zero-order valence-electron chi connectivity index (χ0n) is 14.9. The van der Waals surface area contributed by atoms with Gasteiger partial charge in [0.2, 0.25) is 0 Å². The van der Waals surface area contributed by atoms with Gasteiger partial charge in [-0.05, 0) is 74.6 Å². The van der Waals surface area contributed by atoms with Crippen LogP contribution in [0.5, 0.6) is 0 Å². The van der Waals surface area contributed by atoms with Crippen LogP contribution in [0, 0.1) is 34.6 Å². The summed E-state index contributed by atoms with van der Waals surface area (Å²) in [5.74, 6) is -1.94. The van der Waals surface area contributed by atoms with Gasteiger partial charge < -0.3 is 4.84 Å². The lowest BCUT2D eigenvalue weighted by Crippen LogP contribution is -2.33. The summed E-state index contributed by atoms with van der Waals surface area (Å²) in [6.07, 6.45) is 0. The molecule has 0 aromatic heterocycles. The first-order chi connectivity index (χ1) is 11.8. The van der Waals surface area contributed by atoms with Gasteiger partial charge in [0, 0.05) is 0 Å². The number of fused-ring (bicyclic) bond motifs is 1. The van der Waals surface area contributed by atoms with Gasteiger partial charge in [-0.3, -0.25) is 9.59 Å². The highest BCUT2D eigenvalue weighted by molar-refractivity contribution is 6.21. The Morgan fingerprint density at radius 3 is 1.60 bits per heavy atom. The maximum Gasteiger partial charge on any atom is 0.364 e. The molecule has 0 bridgehead atoms. The Labute approximate surface area is 146 Å². The minimum atomic E-state index is -0.698. The molecular weight excluding hydrogens is 318 g/mol. The zero-order valence-corrected chi connectivity index (χ0v) is 14.9. The van der Waals surface area contributed by atoms with E-state index in [4.69, 9.17) is 4.84 Å². The van der Waals surface area contributed by atoms with Gasteiger partial charge in [-0.2, -0.15) is 0 Å². The van der Waals surface area contributed by atoms with Crippen LogP contribution >= 0.6 is 0 Å². The largest absolute Gasteiger partial charge is 0.364 e. The number of hydroxylamine groups is 2. The first-order valence-electron chi connectivity index (χ1n) is 8.02. The lowest BCUT2D eigenvalue weighted by molar-refractivity contribution is -0.0585. The SMILES string of the molecule is Cc1c(C)c(C)c(C(=O)ON2C(=O)c3ccccc3C2=O)c(C)c1C. The fraction of sp³-hybridized carbons (Fsp3) is 0.250. The third-order valence-electron chi connectivity index (χ3n) is 5.14. The van der Waals surface area contributed by atoms with E-state index < -0.39 is 17.8 Å². The van der Waals surface area contributed by atoms with E-state index >= 15 is 0 Å².